The smallest absolute Gasteiger partial charge is 0.152 e. The maximum absolute atomic E-state index is 10.8. The third-order valence-electron chi connectivity index (χ3n) is 2.76. The highest BCUT2D eigenvalue weighted by atomic mass is 16.3. The molecule has 0 amide bonds. The van der Waals surface area contributed by atoms with Gasteiger partial charge >= 0.3 is 0 Å². The van der Waals surface area contributed by atoms with Crippen molar-refractivity contribution in [1.29, 1.82) is 0 Å². The molecule has 0 radical (unpaired) electrons. The van der Waals surface area contributed by atoms with Crippen LogP contribution in [0.2, 0.25) is 0 Å². The van der Waals surface area contributed by atoms with Gasteiger partial charge in [0.05, 0.1) is 6.10 Å². The molecule has 2 rings (SSSR count). The highest BCUT2D eigenvalue weighted by molar-refractivity contribution is 5.87. The Morgan fingerprint density at radius 2 is 2.12 bits per heavy atom. The Bertz CT molecular complexity index is 490. The third kappa shape index (κ3) is 2.63. The molecule has 0 heterocycles. The number of hydrogen-bond acceptors (Lipinski definition) is 3. The van der Waals surface area contributed by atoms with E-state index in [4.69, 9.17) is 0 Å². The van der Waals surface area contributed by atoms with Gasteiger partial charge in [0.25, 0.3) is 0 Å². The van der Waals surface area contributed by atoms with Gasteiger partial charge < -0.3 is 10.2 Å². The lowest BCUT2D eigenvalue weighted by molar-refractivity contribution is -0.112. The van der Waals surface area contributed by atoms with Crippen molar-refractivity contribution in [2.45, 2.75) is 13.0 Å². The van der Waals surface area contributed by atoms with E-state index in [1.54, 1.807) is 12.2 Å². The molecule has 0 aliphatic heterocycles. The zero-order chi connectivity index (χ0) is 12.4. The fourth-order valence-corrected chi connectivity index (χ4v) is 1.92. The van der Waals surface area contributed by atoms with Crippen LogP contribution < -0.4 is 0 Å². The molecule has 3 nitrogen and oxygen atoms in total. The largest absolute Gasteiger partial charge is 0.508 e. The molecule has 0 fully saturated rings. The minimum absolute atomic E-state index is 0.0117. The molecule has 88 valence electrons. The van der Waals surface area contributed by atoms with Crippen molar-refractivity contribution in [3.63, 3.8) is 0 Å². The van der Waals surface area contributed by atoms with Crippen LogP contribution in [0.25, 0.3) is 0 Å². The van der Waals surface area contributed by atoms with Gasteiger partial charge in [0.2, 0.25) is 0 Å². The Morgan fingerprint density at radius 3 is 2.82 bits per heavy atom. The number of fused-ring (bicyclic) bond motifs is 1. The van der Waals surface area contributed by atoms with E-state index in [9.17, 15) is 15.0 Å². The van der Waals surface area contributed by atoms with Crippen LogP contribution in [0.5, 0.6) is 0 Å². The molecule has 0 saturated carbocycles. The Hall–Kier alpha value is -1.87. The van der Waals surface area contributed by atoms with E-state index in [-0.39, 0.29) is 17.5 Å². The van der Waals surface area contributed by atoms with Crippen LogP contribution in [0.15, 0.2) is 59.4 Å². The molecule has 0 spiro atoms. The lowest BCUT2D eigenvalue weighted by Crippen LogP contribution is -2.23. The van der Waals surface area contributed by atoms with E-state index >= 15 is 0 Å². The second kappa shape index (κ2) is 4.55. The SMILES string of the molecule is CC(=O)/C=C/C1=CC2C(=CC(O)=CC2O)C=C1. The van der Waals surface area contributed by atoms with Gasteiger partial charge in [0.15, 0.2) is 5.78 Å². The summed E-state index contributed by atoms with van der Waals surface area (Å²) in [5.74, 6) is -0.0746. The summed E-state index contributed by atoms with van der Waals surface area (Å²) in [7, 11) is 0. The fraction of sp³-hybridized carbons (Fsp3) is 0.214. The first kappa shape index (κ1) is 11.6. The van der Waals surface area contributed by atoms with E-state index in [2.05, 4.69) is 0 Å². The molecule has 17 heavy (non-hydrogen) atoms. The zero-order valence-corrected chi connectivity index (χ0v) is 9.50. The second-order valence-electron chi connectivity index (χ2n) is 4.20. The van der Waals surface area contributed by atoms with Crippen molar-refractivity contribution in [1.82, 2.24) is 0 Å². The van der Waals surface area contributed by atoms with Crippen LogP contribution in [0, 0.1) is 5.92 Å². The van der Waals surface area contributed by atoms with E-state index in [1.807, 2.05) is 18.2 Å². The molecule has 0 aromatic carbocycles. The van der Waals surface area contributed by atoms with Crippen molar-refractivity contribution in [3.05, 3.63) is 59.4 Å². The number of hydrogen-bond donors (Lipinski definition) is 2. The van der Waals surface area contributed by atoms with Gasteiger partial charge in [-0.2, -0.15) is 0 Å². The van der Waals surface area contributed by atoms with Gasteiger partial charge in [-0.1, -0.05) is 24.3 Å². The lowest BCUT2D eigenvalue weighted by Gasteiger charge is -2.25. The second-order valence-corrected chi connectivity index (χ2v) is 4.20. The van der Waals surface area contributed by atoms with Gasteiger partial charge in [0.1, 0.15) is 5.76 Å². The van der Waals surface area contributed by atoms with Gasteiger partial charge in [-0.05, 0) is 36.3 Å². The predicted octanol–water partition coefficient (Wildman–Crippen LogP) is 1.99. The number of allylic oxidation sites excluding steroid dienone is 6. The molecule has 0 saturated heterocycles. The maximum Gasteiger partial charge on any atom is 0.152 e. The van der Waals surface area contributed by atoms with Crippen molar-refractivity contribution in [2.75, 3.05) is 0 Å². The summed E-state index contributed by atoms with van der Waals surface area (Å²) in [5.41, 5.74) is 1.76. The molecule has 0 aromatic heterocycles. The summed E-state index contributed by atoms with van der Waals surface area (Å²) in [6.45, 7) is 1.49. The van der Waals surface area contributed by atoms with Crippen molar-refractivity contribution < 1.29 is 15.0 Å². The summed E-state index contributed by atoms with van der Waals surface area (Å²) < 4.78 is 0. The first-order valence-corrected chi connectivity index (χ1v) is 5.45. The lowest BCUT2D eigenvalue weighted by atomic mass is 9.83. The predicted molar refractivity (Wildman–Crippen MR) is 65.3 cm³/mol. The van der Waals surface area contributed by atoms with Crippen molar-refractivity contribution >= 4 is 5.78 Å². The molecule has 2 unspecified atom stereocenters. The van der Waals surface area contributed by atoms with Gasteiger partial charge in [-0.3, -0.25) is 4.79 Å². The average Bonchev–Trinajstić information content (AvgIpc) is 2.26. The molecule has 3 heteroatoms. The summed E-state index contributed by atoms with van der Waals surface area (Å²) in [6, 6.07) is 0. The number of ketones is 1. The van der Waals surface area contributed by atoms with Crippen molar-refractivity contribution in [3.8, 4) is 0 Å². The number of rotatable bonds is 2. The normalized spacial score (nSPS) is 27.3. The van der Waals surface area contributed by atoms with E-state index in [0.29, 0.717) is 0 Å². The highest BCUT2D eigenvalue weighted by Crippen LogP contribution is 2.30. The molecule has 2 atom stereocenters. The molecular weight excluding hydrogens is 216 g/mol. The molecule has 2 aliphatic rings. The topological polar surface area (TPSA) is 57.5 Å². The number of carbonyl (C=O) groups is 1. The minimum atomic E-state index is -0.722. The monoisotopic (exact) mass is 230 g/mol. The zero-order valence-electron chi connectivity index (χ0n) is 9.50. The fourth-order valence-electron chi connectivity index (χ4n) is 1.92. The number of aliphatic hydroxyl groups excluding tert-OH is 2. The van der Waals surface area contributed by atoms with Crippen LogP contribution in [0.4, 0.5) is 0 Å². The molecule has 0 bridgehead atoms. The van der Waals surface area contributed by atoms with Gasteiger partial charge in [-0.15, -0.1) is 0 Å². The van der Waals surface area contributed by atoms with Gasteiger partial charge in [-0.25, -0.2) is 0 Å². The Morgan fingerprint density at radius 1 is 1.35 bits per heavy atom. The summed E-state index contributed by atoms with van der Waals surface area (Å²) in [4.78, 5) is 10.8. The molecule has 2 N–H and O–H groups in total. The number of aliphatic hydroxyl groups is 2. The van der Waals surface area contributed by atoms with Crippen LogP contribution >= 0.6 is 0 Å². The highest BCUT2D eigenvalue weighted by Gasteiger charge is 2.24. The standard InChI is InChI=1S/C14H14O3/c1-9(15)2-3-10-4-5-11-7-12(16)8-14(17)13(11)6-10/h2-8,13-14,16-17H,1H3/b3-2+. The van der Waals surface area contributed by atoms with E-state index < -0.39 is 6.10 Å². The first-order chi connectivity index (χ1) is 8.06. The Kier molecular flexibility index (Phi) is 3.11. The summed E-state index contributed by atoms with van der Waals surface area (Å²) in [6.07, 6.45) is 11.1. The quantitative estimate of drug-likeness (QED) is 0.713. The number of carbonyl (C=O) groups excluding carboxylic acids is 1. The van der Waals surface area contributed by atoms with E-state index in [0.717, 1.165) is 11.1 Å². The average molecular weight is 230 g/mol. The first-order valence-electron chi connectivity index (χ1n) is 5.45. The van der Waals surface area contributed by atoms with Crippen molar-refractivity contribution in [2.24, 2.45) is 5.92 Å². The molecule has 2 aliphatic carbocycles. The van der Waals surface area contributed by atoms with Crippen LogP contribution in [-0.2, 0) is 4.79 Å². The van der Waals surface area contributed by atoms with E-state index in [1.165, 1.54) is 19.1 Å². The van der Waals surface area contributed by atoms with Crippen LogP contribution in [-0.4, -0.2) is 22.1 Å². The Balaban J connectivity index is 2.24. The minimum Gasteiger partial charge on any atom is -0.508 e. The summed E-state index contributed by atoms with van der Waals surface area (Å²) >= 11 is 0. The van der Waals surface area contributed by atoms with Gasteiger partial charge in [0, 0.05) is 5.92 Å². The maximum atomic E-state index is 10.8. The summed E-state index contributed by atoms with van der Waals surface area (Å²) in [5, 5.41) is 19.2. The van der Waals surface area contributed by atoms with Crippen LogP contribution in [0.3, 0.4) is 0 Å². The van der Waals surface area contributed by atoms with Crippen LogP contribution in [0.1, 0.15) is 6.92 Å². The Labute approximate surface area is 99.8 Å². The third-order valence-corrected chi connectivity index (χ3v) is 2.76. The molecular formula is C14H14O3. The molecule has 0 aromatic rings.